The van der Waals surface area contributed by atoms with E-state index in [1.54, 1.807) is 7.11 Å². The smallest absolute Gasteiger partial charge is 0.0670 e. The molecule has 1 aliphatic rings. The van der Waals surface area contributed by atoms with Crippen LogP contribution in [0.2, 0.25) is 0 Å². The van der Waals surface area contributed by atoms with Crippen LogP contribution in [0.3, 0.4) is 0 Å². The van der Waals surface area contributed by atoms with Crippen molar-refractivity contribution in [2.45, 2.75) is 12.8 Å². The van der Waals surface area contributed by atoms with Gasteiger partial charge in [-0.2, -0.15) is 5.10 Å². The normalized spacial score (nSPS) is 17.5. The monoisotopic (exact) mass is 245 g/mol. The zero-order valence-electron chi connectivity index (χ0n) is 10.7. The van der Waals surface area contributed by atoms with Gasteiger partial charge in [-0.05, 0) is 37.0 Å². The second-order valence-electron chi connectivity index (χ2n) is 5.03. The summed E-state index contributed by atoms with van der Waals surface area (Å²) < 4.78 is 5.24. The third-order valence-electron chi connectivity index (χ3n) is 3.81. The first-order chi connectivity index (χ1) is 8.86. The fourth-order valence-electron chi connectivity index (χ4n) is 2.72. The van der Waals surface area contributed by atoms with Gasteiger partial charge in [-0.15, -0.1) is 0 Å². The predicted octanol–water partition coefficient (Wildman–Crippen LogP) is 2.43. The van der Waals surface area contributed by atoms with E-state index in [9.17, 15) is 0 Å². The lowest BCUT2D eigenvalue weighted by molar-refractivity contribution is 0.139. The van der Waals surface area contributed by atoms with Crippen molar-refractivity contribution >= 4 is 16.6 Å². The fourth-order valence-corrected chi connectivity index (χ4v) is 2.72. The molecule has 4 nitrogen and oxygen atoms in total. The first kappa shape index (κ1) is 11.5. The van der Waals surface area contributed by atoms with Gasteiger partial charge in [0, 0.05) is 37.9 Å². The average Bonchev–Trinajstić information content (AvgIpc) is 2.87. The molecule has 96 valence electrons. The summed E-state index contributed by atoms with van der Waals surface area (Å²) in [5.74, 6) is 0.724. The Kier molecular flexibility index (Phi) is 3.19. The summed E-state index contributed by atoms with van der Waals surface area (Å²) in [7, 11) is 1.79. The van der Waals surface area contributed by atoms with Crippen LogP contribution in [0.4, 0.5) is 5.69 Å². The van der Waals surface area contributed by atoms with Gasteiger partial charge in [0.15, 0.2) is 0 Å². The highest BCUT2D eigenvalue weighted by Gasteiger charge is 2.19. The van der Waals surface area contributed by atoms with Gasteiger partial charge in [0.1, 0.15) is 0 Å². The van der Waals surface area contributed by atoms with Crippen molar-refractivity contribution < 1.29 is 4.74 Å². The highest BCUT2D eigenvalue weighted by Crippen LogP contribution is 2.25. The Hall–Kier alpha value is -1.55. The molecule has 1 aromatic carbocycles. The number of nitrogens with zero attached hydrogens (tertiary/aromatic N) is 2. The number of anilines is 1. The molecule has 0 bridgehead atoms. The summed E-state index contributed by atoms with van der Waals surface area (Å²) in [5, 5.41) is 8.27. The van der Waals surface area contributed by atoms with Crippen LogP contribution in [-0.2, 0) is 4.74 Å². The van der Waals surface area contributed by atoms with E-state index < -0.39 is 0 Å². The number of aromatic amines is 1. The quantitative estimate of drug-likeness (QED) is 0.903. The highest BCUT2D eigenvalue weighted by molar-refractivity contribution is 5.81. The van der Waals surface area contributed by atoms with E-state index >= 15 is 0 Å². The number of H-pyrrole nitrogens is 1. The number of rotatable bonds is 3. The van der Waals surface area contributed by atoms with Crippen LogP contribution in [0.15, 0.2) is 24.4 Å². The molecule has 1 fully saturated rings. The zero-order chi connectivity index (χ0) is 12.4. The Morgan fingerprint density at radius 2 is 2.22 bits per heavy atom. The number of methoxy groups -OCH3 is 1. The zero-order valence-corrected chi connectivity index (χ0v) is 10.7. The molecule has 4 heteroatoms. The summed E-state index contributed by atoms with van der Waals surface area (Å²) in [5.41, 5.74) is 2.41. The van der Waals surface area contributed by atoms with Gasteiger partial charge in [-0.1, -0.05) is 0 Å². The Morgan fingerprint density at radius 3 is 3.00 bits per heavy atom. The average molecular weight is 245 g/mol. The minimum absolute atomic E-state index is 0.724. The fraction of sp³-hybridized carbons (Fsp3) is 0.500. The second-order valence-corrected chi connectivity index (χ2v) is 5.03. The molecule has 0 aliphatic carbocycles. The number of benzene rings is 1. The summed E-state index contributed by atoms with van der Waals surface area (Å²) >= 11 is 0. The first-order valence-corrected chi connectivity index (χ1v) is 6.54. The molecule has 1 saturated heterocycles. The molecule has 1 aliphatic heterocycles. The molecule has 0 spiro atoms. The van der Waals surface area contributed by atoms with Gasteiger partial charge in [-0.3, -0.25) is 5.10 Å². The van der Waals surface area contributed by atoms with Gasteiger partial charge in [-0.25, -0.2) is 0 Å². The van der Waals surface area contributed by atoms with Crippen molar-refractivity contribution in [2.24, 2.45) is 5.92 Å². The number of ether oxygens (including phenoxy) is 1. The molecular formula is C14H19N3O. The van der Waals surface area contributed by atoms with Crippen molar-refractivity contribution in [3.05, 3.63) is 24.4 Å². The molecule has 0 radical (unpaired) electrons. The molecule has 0 unspecified atom stereocenters. The third-order valence-corrected chi connectivity index (χ3v) is 3.81. The number of nitrogens with one attached hydrogen (secondary N) is 1. The molecular weight excluding hydrogens is 226 g/mol. The van der Waals surface area contributed by atoms with Gasteiger partial charge in [0.25, 0.3) is 0 Å². The van der Waals surface area contributed by atoms with E-state index in [-0.39, 0.29) is 0 Å². The lowest BCUT2D eigenvalue weighted by Crippen LogP contribution is -2.34. The third kappa shape index (κ3) is 2.20. The van der Waals surface area contributed by atoms with E-state index in [2.05, 4.69) is 33.3 Å². The van der Waals surface area contributed by atoms with Gasteiger partial charge < -0.3 is 9.64 Å². The van der Waals surface area contributed by atoms with Crippen molar-refractivity contribution in [1.82, 2.24) is 10.2 Å². The Morgan fingerprint density at radius 1 is 1.39 bits per heavy atom. The van der Waals surface area contributed by atoms with E-state index in [1.807, 2.05) is 6.20 Å². The van der Waals surface area contributed by atoms with Crippen molar-refractivity contribution in [3.8, 4) is 0 Å². The van der Waals surface area contributed by atoms with Crippen LogP contribution in [0.25, 0.3) is 10.9 Å². The van der Waals surface area contributed by atoms with Crippen LogP contribution in [0.5, 0.6) is 0 Å². The van der Waals surface area contributed by atoms with Gasteiger partial charge in [0.05, 0.1) is 11.7 Å². The molecule has 0 atom stereocenters. The second kappa shape index (κ2) is 4.98. The van der Waals surface area contributed by atoms with Crippen molar-refractivity contribution in [3.63, 3.8) is 0 Å². The topological polar surface area (TPSA) is 41.1 Å². The van der Waals surface area contributed by atoms with E-state index in [0.717, 1.165) is 31.1 Å². The molecule has 18 heavy (non-hydrogen) atoms. The van der Waals surface area contributed by atoms with Crippen LogP contribution in [0, 0.1) is 5.92 Å². The van der Waals surface area contributed by atoms with Crippen LogP contribution in [0.1, 0.15) is 12.8 Å². The van der Waals surface area contributed by atoms with E-state index in [1.165, 1.54) is 23.9 Å². The van der Waals surface area contributed by atoms with Crippen molar-refractivity contribution in [2.75, 3.05) is 31.7 Å². The van der Waals surface area contributed by atoms with Crippen LogP contribution < -0.4 is 4.90 Å². The largest absolute Gasteiger partial charge is 0.384 e. The Bertz CT molecular complexity index is 514. The van der Waals surface area contributed by atoms with E-state index in [4.69, 9.17) is 4.74 Å². The van der Waals surface area contributed by atoms with Gasteiger partial charge in [0.2, 0.25) is 0 Å². The maximum Gasteiger partial charge on any atom is 0.0670 e. The molecule has 1 N–H and O–H groups in total. The van der Waals surface area contributed by atoms with Crippen LogP contribution in [-0.4, -0.2) is 37.0 Å². The maximum absolute atomic E-state index is 5.24. The van der Waals surface area contributed by atoms with Crippen molar-refractivity contribution in [1.29, 1.82) is 0 Å². The summed E-state index contributed by atoms with van der Waals surface area (Å²) in [4.78, 5) is 2.45. The number of hydrogen-bond acceptors (Lipinski definition) is 3. The number of aromatic nitrogens is 2. The molecule has 3 rings (SSSR count). The Labute approximate surface area is 107 Å². The summed E-state index contributed by atoms with van der Waals surface area (Å²) in [6.07, 6.45) is 4.30. The molecule has 1 aromatic heterocycles. The molecule has 2 heterocycles. The molecule has 0 saturated carbocycles. The summed E-state index contributed by atoms with van der Waals surface area (Å²) in [6, 6.07) is 6.52. The molecule has 0 amide bonds. The number of piperidine rings is 1. The molecule has 2 aromatic rings. The lowest BCUT2D eigenvalue weighted by Gasteiger charge is -2.33. The number of hydrogen-bond donors (Lipinski definition) is 1. The SMILES string of the molecule is COCC1CCN(c2ccc3cn[nH]c3c2)CC1. The van der Waals surface area contributed by atoms with Crippen LogP contribution >= 0.6 is 0 Å². The standard InChI is InChI=1S/C14H19N3O/c1-18-10-11-4-6-17(7-5-11)13-3-2-12-9-15-16-14(12)8-13/h2-3,8-9,11H,4-7,10H2,1H3,(H,15,16). The minimum Gasteiger partial charge on any atom is -0.384 e. The lowest BCUT2D eigenvalue weighted by atomic mass is 9.97. The highest BCUT2D eigenvalue weighted by atomic mass is 16.5. The maximum atomic E-state index is 5.24. The summed E-state index contributed by atoms with van der Waals surface area (Å²) in [6.45, 7) is 3.13. The minimum atomic E-state index is 0.724. The number of fused-ring (bicyclic) bond motifs is 1. The first-order valence-electron chi connectivity index (χ1n) is 6.54. The van der Waals surface area contributed by atoms with E-state index in [0.29, 0.717) is 0 Å². The predicted molar refractivity (Wildman–Crippen MR) is 72.9 cm³/mol. The van der Waals surface area contributed by atoms with Gasteiger partial charge >= 0.3 is 0 Å². The Balaban J connectivity index is 1.71.